The van der Waals surface area contributed by atoms with E-state index in [0.29, 0.717) is 11.4 Å². The number of nitrogens with one attached hydrogen (secondary N) is 1. The number of hydrogen-bond donors (Lipinski definition) is 1. The van der Waals surface area contributed by atoms with E-state index in [1.54, 1.807) is 6.20 Å². The number of hydrogen-bond acceptors (Lipinski definition) is 2. The van der Waals surface area contributed by atoms with Crippen molar-refractivity contribution in [3.05, 3.63) is 65.4 Å². The molecule has 0 saturated heterocycles. The van der Waals surface area contributed by atoms with Gasteiger partial charge in [-0.1, -0.05) is 45.0 Å². The van der Waals surface area contributed by atoms with Crippen LogP contribution in [0.1, 0.15) is 49.2 Å². The largest absolute Gasteiger partial charge is 0.306 e. The molecular formula is C20H24N2O. The van der Waals surface area contributed by atoms with Crippen molar-refractivity contribution in [3.8, 4) is 0 Å². The molecule has 1 heterocycles. The van der Waals surface area contributed by atoms with Gasteiger partial charge in [0.25, 0.3) is 5.91 Å². The molecule has 0 radical (unpaired) electrons. The van der Waals surface area contributed by atoms with Crippen LogP contribution in [0.15, 0.2) is 48.7 Å². The molecule has 0 fully saturated rings. The van der Waals surface area contributed by atoms with Gasteiger partial charge in [0.1, 0.15) is 5.82 Å². The van der Waals surface area contributed by atoms with Crippen LogP contribution >= 0.6 is 0 Å². The number of nitrogens with zero attached hydrogens (tertiary/aromatic N) is 1. The Morgan fingerprint density at radius 3 is 2.26 bits per heavy atom. The number of anilines is 1. The van der Waals surface area contributed by atoms with Gasteiger partial charge in [-0.25, -0.2) is 4.98 Å². The summed E-state index contributed by atoms with van der Waals surface area (Å²) in [6.45, 7) is 10.5. The van der Waals surface area contributed by atoms with Gasteiger partial charge in [-0.15, -0.1) is 0 Å². The molecule has 0 aliphatic carbocycles. The molecule has 1 aromatic carbocycles. The maximum absolute atomic E-state index is 12.3. The van der Waals surface area contributed by atoms with Gasteiger partial charge in [0.2, 0.25) is 0 Å². The maximum atomic E-state index is 12.3. The highest BCUT2D eigenvalue weighted by Crippen LogP contribution is 2.23. The minimum atomic E-state index is -0.143. The van der Waals surface area contributed by atoms with E-state index < -0.39 is 0 Å². The Hall–Kier alpha value is -2.42. The van der Waals surface area contributed by atoms with E-state index in [1.165, 1.54) is 5.57 Å². The smallest absolute Gasteiger partial charge is 0.256 e. The summed E-state index contributed by atoms with van der Waals surface area (Å²) < 4.78 is 0. The van der Waals surface area contributed by atoms with Gasteiger partial charge in [0.15, 0.2) is 0 Å². The van der Waals surface area contributed by atoms with E-state index in [1.807, 2.05) is 43.3 Å². The van der Waals surface area contributed by atoms with Crippen LogP contribution < -0.4 is 5.32 Å². The molecule has 1 N–H and O–H groups in total. The fourth-order valence-corrected chi connectivity index (χ4v) is 2.41. The Bertz CT molecular complexity index is 722. The van der Waals surface area contributed by atoms with Gasteiger partial charge in [-0.3, -0.25) is 4.79 Å². The first kappa shape index (κ1) is 16.9. The first-order valence-corrected chi connectivity index (χ1v) is 7.79. The Labute approximate surface area is 138 Å². The molecule has 2 aromatic rings. The summed E-state index contributed by atoms with van der Waals surface area (Å²) in [5.74, 6) is 0.459. The van der Waals surface area contributed by atoms with Crippen LogP contribution in [0, 0.1) is 12.3 Å². The van der Waals surface area contributed by atoms with Crippen LogP contribution in [0.4, 0.5) is 5.82 Å². The lowest BCUT2D eigenvalue weighted by molar-refractivity contribution is 0.102. The van der Waals surface area contributed by atoms with Gasteiger partial charge >= 0.3 is 0 Å². The predicted molar refractivity (Wildman–Crippen MR) is 96.5 cm³/mol. The Balaban J connectivity index is 2.15. The van der Waals surface area contributed by atoms with E-state index in [-0.39, 0.29) is 11.3 Å². The number of rotatable bonds is 3. The standard InChI is InChI=1S/C20H24N2O/c1-14-7-6-12-21-18(14)22-19(23)17-10-8-16(9-11-17)15(2)13-20(3,4)5/h6-13H,1-5H3,(H,21,22,23)/b15-13+. The van der Waals surface area contributed by atoms with E-state index in [4.69, 9.17) is 0 Å². The molecule has 1 aromatic heterocycles. The van der Waals surface area contributed by atoms with E-state index in [0.717, 1.165) is 11.1 Å². The number of amides is 1. The van der Waals surface area contributed by atoms with Crippen LogP contribution in [0.3, 0.4) is 0 Å². The number of allylic oxidation sites excluding steroid dienone is 2. The fraction of sp³-hybridized carbons (Fsp3) is 0.300. The predicted octanol–water partition coefficient (Wildman–Crippen LogP) is 5.09. The van der Waals surface area contributed by atoms with Gasteiger partial charge in [-0.2, -0.15) is 0 Å². The zero-order valence-corrected chi connectivity index (χ0v) is 14.5. The number of carbonyl (C=O) groups is 1. The minimum absolute atomic E-state index is 0.136. The lowest BCUT2D eigenvalue weighted by Crippen LogP contribution is -2.13. The normalized spacial score (nSPS) is 12.1. The average molecular weight is 308 g/mol. The molecule has 2 rings (SSSR count). The molecule has 3 heteroatoms. The van der Waals surface area contributed by atoms with Crippen molar-refractivity contribution in [1.29, 1.82) is 0 Å². The second kappa shape index (κ2) is 6.78. The van der Waals surface area contributed by atoms with Crippen molar-refractivity contribution in [2.75, 3.05) is 5.32 Å². The van der Waals surface area contributed by atoms with Crippen molar-refractivity contribution in [2.24, 2.45) is 5.41 Å². The average Bonchev–Trinajstić information content (AvgIpc) is 2.48. The summed E-state index contributed by atoms with van der Waals surface area (Å²) in [5.41, 5.74) is 4.05. The molecular weight excluding hydrogens is 284 g/mol. The van der Waals surface area contributed by atoms with Gasteiger partial charge < -0.3 is 5.32 Å². The minimum Gasteiger partial charge on any atom is -0.306 e. The van der Waals surface area contributed by atoms with Gasteiger partial charge in [0, 0.05) is 11.8 Å². The van der Waals surface area contributed by atoms with Crippen molar-refractivity contribution >= 4 is 17.3 Å². The highest BCUT2D eigenvalue weighted by atomic mass is 16.1. The first-order chi connectivity index (χ1) is 10.8. The molecule has 0 saturated carbocycles. The SMILES string of the molecule is C/C(=C\C(C)(C)C)c1ccc(C(=O)Nc2ncccc2C)cc1. The quantitative estimate of drug-likeness (QED) is 0.858. The van der Waals surface area contributed by atoms with Crippen LogP contribution in [0.2, 0.25) is 0 Å². The van der Waals surface area contributed by atoms with E-state index >= 15 is 0 Å². The second-order valence-corrected chi connectivity index (χ2v) is 6.89. The highest BCUT2D eigenvalue weighted by molar-refractivity contribution is 6.04. The third kappa shape index (κ3) is 4.78. The third-order valence-electron chi connectivity index (χ3n) is 3.49. The van der Waals surface area contributed by atoms with Crippen LogP contribution in [-0.2, 0) is 0 Å². The molecule has 0 aliphatic rings. The van der Waals surface area contributed by atoms with Gasteiger partial charge in [0.05, 0.1) is 0 Å². The number of carbonyl (C=O) groups excluding carboxylic acids is 1. The topological polar surface area (TPSA) is 42.0 Å². The second-order valence-electron chi connectivity index (χ2n) is 6.89. The van der Waals surface area contributed by atoms with Gasteiger partial charge in [-0.05, 0) is 54.2 Å². The van der Waals surface area contributed by atoms with Crippen LogP contribution in [-0.4, -0.2) is 10.9 Å². The lowest BCUT2D eigenvalue weighted by Gasteiger charge is -2.14. The summed E-state index contributed by atoms with van der Waals surface area (Å²) in [7, 11) is 0. The zero-order valence-electron chi connectivity index (χ0n) is 14.5. The summed E-state index contributed by atoms with van der Waals surface area (Å²) in [4.78, 5) is 16.5. The molecule has 0 bridgehead atoms. The van der Waals surface area contributed by atoms with Crippen molar-refractivity contribution in [2.45, 2.75) is 34.6 Å². The summed E-state index contributed by atoms with van der Waals surface area (Å²) in [5, 5.41) is 2.85. The van der Waals surface area contributed by atoms with Crippen LogP contribution in [0.25, 0.3) is 5.57 Å². The third-order valence-corrected chi connectivity index (χ3v) is 3.49. The van der Waals surface area contributed by atoms with Crippen molar-refractivity contribution in [3.63, 3.8) is 0 Å². The number of benzene rings is 1. The molecule has 0 spiro atoms. The molecule has 3 nitrogen and oxygen atoms in total. The molecule has 0 atom stereocenters. The Morgan fingerprint density at radius 2 is 1.70 bits per heavy atom. The molecule has 0 aliphatic heterocycles. The monoisotopic (exact) mass is 308 g/mol. The Kier molecular flexibility index (Phi) is 4.99. The lowest BCUT2D eigenvalue weighted by atomic mass is 9.91. The molecule has 1 amide bonds. The zero-order chi connectivity index (χ0) is 17.0. The fourth-order valence-electron chi connectivity index (χ4n) is 2.41. The van der Waals surface area contributed by atoms with Crippen LogP contribution in [0.5, 0.6) is 0 Å². The van der Waals surface area contributed by atoms with E-state index in [2.05, 4.69) is 44.1 Å². The molecule has 120 valence electrons. The summed E-state index contributed by atoms with van der Waals surface area (Å²) in [6, 6.07) is 11.4. The number of pyridine rings is 1. The molecule has 0 unspecified atom stereocenters. The number of aromatic nitrogens is 1. The number of aryl methyl sites for hydroxylation is 1. The molecule has 23 heavy (non-hydrogen) atoms. The van der Waals surface area contributed by atoms with Crippen molar-refractivity contribution < 1.29 is 4.79 Å². The Morgan fingerprint density at radius 1 is 1.09 bits per heavy atom. The van der Waals surface area contributed by atoms with Crippen molar-refractivity contribution in [1.82, 2.24) is 4.98 Å². The maximum Gasteiger partial charge on any atom is 0.256 e. The first-order valence-electron chi connectivity index (χ1n) is 7.79. The summed E-state index contributed by atoms with van der Waals surface area (Å²) in [6.07, 6.45) is 3.91. The summed E-state index contributed by atoms with van der Waals surface area (Å²) >= 11 is 0. The highest BCUT2D eigenvalue weighted by Gasteiger charge is 2.10. The van der Waals surface area contributed by atoms with E-state index in [9.17, 15) is 4.79 Å².